The predicted octanol–water partition coefficient (Wildman–Crippen LogP) is 1.13. The Labute approximate surface area is 122 Å². The molecule has 0 bridgehead atoms. The summed E-state index contributed by atoms with van der Waals surface area (Å²) in [5.41, 5.74) is -3.14. The van der Waals surface area contributed by atoms with E-state index in [0.717, 1.165) is 7.05 Å². The van der Waals surface area contributed by atoms with Crippen LogP contribution in [0.15, 0.2) is 0 Å². The summed E-state index contributed by atoms with van der Waals surface area (Å²) in [6.45, 7) is 4.90. The molecule has 122 valence electrons. The van der Waals surface area contributed by atoms with Crippen LogP contribution in [0.2, 0.25) is 0 Å². The summed E-state index contributed by atoms with van der Waals surface area (Å²) in [6, 6.07) is 0. The van der Waals surface area contributed by atoms with Crippen LogP contribution in [0.3, 0.4) is 0 Å². The highest BCUT2D eigenvalue weighted by atomic mass is 19.3. The van der Waals surface area contributed by atoms with Gasteiger partial charge in [0, 0.05) is 33.0 Å². The molecule has 0 saturated carbocycles. The van der Waals surface area contributed by atoms with Crippen LogP contribution in [0.5, 0.6) is 0 Å². The van der Waals surface area contributed by atoms with Gasteiger partial charge in [-0.05, 0) is 20.8 Å². The van der Waals surface area contributed by atoms with Gasteiger partial charge in [0.05, 0.1) is 0 Å². The second-order valence-electron chi connectivity index (χ2n) is 6.15. The number of hydrogen-bond donors (Lipinski definition) is 2. The minimum absolute atomic E-state index is 0.0992. The zero-order valence-corrected chi connectivity index (χ0v) is 12.7. The molecule has 2 N–H and O–H groups in total. The van der Waals surface area contributed by atoms with E-state index in [1.54, 1.807) is 20.8 Å². The first kappa shape index (κ1) is 17.6. The number of carbonyl (C=O) groups is 2. The molecule has 21 heavy (non-hydrogen) atoms. The topological polar surface area (TPSA) is 78.9 Å². The van der Waals surface area contributed by atoms with Gasteiger partial charge in [0.1, 0.15) is 11.2 Å². The summed E-state index contributed by atoms with van der Waals surface area (Å²) in [5, 5.41) is 11.9. The number of aliphatic hydroxyl groups is 1. The number of carbonyl (C=O) groups excluding carboxylic acids is 2. The smallest absolute Gasteiger partial charge is 0.410 e. The molecule has 1 saturated heterocycles. The Bertz CT molecular complexity index is 413. The minimum Gasteiger partial charge on any atom is -0.444 e. The van der Waals surface area contributed by atoms with Crippen molar-refractivity contribution >= 4 is 12.0 Å². The lowest BCUT2D eigenvalue weighted by atomic mass is 9.84. The van der Waals surface area contributed by atoms with Crippen molar-refractivity contribution in [3.63, 3.8) is 0 Å². The van der Waals surface area contributed by atoms with Crippen LogP contribution in [0.4, 0.5) is 13.6 Å². The molecular weight excluding hydrogens is 286 g/mol. The summed E-state index contributed by atoms with van der Waals surface area (Å²) < 4.78 is 32.9. The Kier molecular flexibility index (Phi) is 4.82. The van der Waals surface area contributed by atoms with Gasteiger partial charge in [-0.1, -0.05) is 0 Å². The first-order chi connectivity index (χ1) is 9.43. The highest BCUT2D eigenvalue weighted by Crippen LogP contribution is 2.37. The molecule has 0 aromatic rings. The lowest BCUT2D eigenvalue weighted by Crippen LogP contribution is -2.61. The molecular formula is C13H22F2N2O4. The Balaban J connectivity index is 2.71. The SMILES string of the molecule is CNC(=O)C(F)(F)C1(O)CCN(C(=O)OC(C)(C)C)CC1. The summed E-state index contributed by atoms with van der Waals surface area (Å²) in [5.74, 6) is -5.43. The van der Waals surface area contributed by atoms with E-state index in [1.165, 1.54) is 4.90 Å². The van der Waals surface area contributed by atoms with E-state index >= 15 is 0 Å². The quantitative estimate of drug-likeness (QED) is 0.801. The van der Waals surface area contributed by atoms with Crippen molar-refractivity contribution in [2.75, 3.05) is 20.1 Å². The third-order valence-electron chi connectivity index (χ3n) is 3.34. The summed E-state index contributed by atoms with van der Waals surface area (Å²) in [4.78, 5) is 24.3. The molecule has 0 aromatic heterocycles. The van der Waals surface area contributed by atoms with Crippen LogP contribution in [0.1, 0.15) is 33.6 Å². The van der Waals surface area contributed by atoms with Crippen LogP contribution >= 0.6 is 0 Å². The van der Waals surface area contributed by atoms with Crippen molar-refractivity contribution < 1.29 is 28.2 Å². The average Bonchev–Trinajstić information content (AvgIpc) is 2.36. The Morgan fingerprint density at radius 1 is 1.24 bits per heavy atom. The second-order valence-corrected chi connectivity index (χ2v) is 6.15. The highest BCUT2D eigenvalue weighted by molar-refractivity contribution is 5.84. The summed E-state index contributed by atoms with van der Waals surface area (Å²) in [7, 11) is 1.08. The second kappa shape index (κ2) is 5.75. The van der Waals surface area contributed by atoms with Crippen LogP contribution in [0, 0.1) is 0 Å². The number of piperidine rings is 1. The number of alkyl halides is 2. The standard InChI is InChI=1S/C13H22F2N2O4/c1-11(2,3)21-10(19)17-7-5-12(20,6-8-17)13(14,15)9(18)16-4/h20H,5-8H2,1-4H3,(H,16,18). The van der Waals surface area contributed by atoms with E-state index in [0.29, 0.717) is 0 Å². The van der Waals surface area contributed by atoms with Crippen molar-refractivity contribution in [3.05, 3.63) is 0 Å². The van der Waals surface area contributed by atoms with E-state index in [9.17, 15) is 23.5 Å². The van der Waals surface area contributed by atoms with Crippen molar-refractivity contribution in [1.82, 2.24) is 10.2 Å². The first-order valence-corrected chi connectivity index (χ1v) is 6.73. The maximum Gasteiger partial charge on any atom is 0.410 e. The average molecular weight is 308 g/mol. The van der Waals surface area contributed by atoms with Crippen molar-refractivity contribution in [3.8, 4) is 0 Å². The molecule has 1 aliphatic rings. The molecule has 0 unspecified atom stereocenters. The van der Waals surface area contributed by atoms with Gasteiger partial charge in [-0.25, -0.2) is 4.79 Å². The fourth-order valence-electron chi connectivity index (χ4n) is 2.07. The molecule has 1 rings (SSSR count). The Morgan fingerprint density at radius 2 is 1.71 bits per heavy atom. The number of likely N-dealkylation sites (tertiary alicyclic amines) is 1. The van der Waals surface area contributed by atoms with Crippen molar-refractivity contribution in [2.24, 2.45) is 0 Å². The molecule has 0 radical (unpaired) electrons. The molecule has 1 heterocycles. The Morgan fingerprint density at radius 3 is 2.10 bits per heavy atom. The van der Waals surface area contributed by atoms with Gasteiger partial charge >= 0.3 is 12.0 Å². The molecule has 6 nitrogen and oxygen atoms in total. The first-order valence-electron chi connectivity index (χ1n) is 6.73. The van der Waals surface area contributed by atoms with Crippen molar-refractivity contribution in [1.29, 1.82) is 0 Å². The predicted molar refractivity (Wildman–Crippen MR) is 71.0 cm³/mol. The van der Waals surface area contributed by atoms with E-state index in [1.807, 2.05) is 5.32 Å². The molecule has 8 heteroatoms. The van der Waals surface area contributed by atoms with Gasteiger partial charge in [0.15, 0.2) is 0 Å². The molecule has 1 fully saturated rings. The fraction of sp³-hybridized carbons (Fsp3) is 0.846. The maximum atomic E-state index is 13.9. The fourth-order valence-corrected chi connectivity index (χ4v) is 2.07. The number of halogens is 2. The molecule has 1 aliphatic heterocycles. The van der Waals surface area contributed by atoms with Crippen LogP contribution < -0.4 is 5.32 Å². The zero-order valence-electron chi connectivity index (χ0n) is 12.7. The summed E-state index contributed by atoms with van der Waals surface area (Å²) >= 11 is 0. The molecule has 0 atom stereocenters. The third kappa shape index (κ3) is 3.81. The van der Waals surface area contributed by atoms with Gasteiger partial charge in [-0.3, -0.25) is 4.79 Å². The van der Waals surface area contributed by atoms with Crippen molar-refractivity contribution in [2.45, 2.75) is 50.7 Å². The summed E-state index contributed by atoms with van der Waals surface area (Å²) in [6.07, 6.45) is -1.41. The number of ether oxygens (including phenoxy) is 1. The van der Waals surface area contributed by atoms with Gasteiger partial charge in [0.25, 0.3) is 5.91 Å². The molecule has 0 aliphatic carbocycles. The lowest BCUT2D eigenvalue weighted by Gasteiger charge is -2.41. The molecule has 0 aromatic carbocycles. The van der Waals surface area contributed by atoms with Crippen LogP contribution in [-0.4, -0.2) is 59.3 Å². The zero-order chi connectivity index (χ0) is 16.5. The van der Waals surface area contributed by atoms with Gasteiger partial charge < -0.3 is 20.1 Å². The van der Waals surface area contributed by atoms with E-state index in [-0.39, 0.29) is 13.1 Å². The number of nitrogens with one attached hydrogen (secondary N) is 1. The highest BCUT2D eigenvalue weighted by Gasteiger charge is 2.59. The number of nitrogens with zero attached hydrogens (tertiary/aromatic N) is 1. The normalized spacial score (nSPS) is 19.1. The van der Waals surface area contributed by atoms with Gasteiger partial charge in [-0.15, -0.1) is 0 Å². The van der Waals surface area contributed by atoms with Crippen LogP contribution in [0.25, 0.3) is 0 Å². The lowest BCUT2D eigenvalue weighted by molar-refractivity contribution is -0.203. The van der Waals surface area contributed by atoms with E-state index < -0.39 is 42.0 Å². The largest absolute Gasteiger partial charge is 0.444 e. The van der Waals surface area contributed by atoms with E-state index in [2.05, 4.69) is 0 Å². The molecule has 0 spiro atoms. The number of rotatable bonds is 2. The van der Waals surface area contributed by atoms with E-state index in [4.69, 9.17) is 4.74 Å². The third-order valence-corrected chi connectivity index (χ3v) is 3.34. The number of amides is 2. The van der Waals surface area contributed by atoms with Gasteiger partial charge in [0.2, 0.25) is 0 Å². The van der Waals surface area contributed by atoms with Crippen LogP contribution in [-0.2, 0) is 9.53 Å². The minimum atomic E-state index is -3.90. The maximum absolute atomic E-state index is 13.9. The monoisotopic (exact) mass is 308 g/mol. The Hall–Kier alpha value is -1.44. The number of hydrogen-bond acceptors (Lipinski definition) is 4. The van der Waals surface area contributed by atoms with Gasteiger partial charge in [-0.2, -0.15) is 8.78 Å². The molecule has 2 amide bonds.